The third kappa shape index (κ3) is 3.76. The van der Waals surface area contributed by atoms with Gasteiger partial charge in [0.2, 0.25) is 0 Å². The topological polar surface area (TPSA) is 48.0 Å². The number of carbonyl (C=O) groups is 1. The summed E-state index contributed by atoms with van der Waals surface area (Å²) in [6, 6.07) is 8.45. The van der Waals surface area contributed by atoms with E-state index >= 15 is 0 Å². The summed E-state index contributed by atoms with van der Waals surface area (Å²) >= 11 is 0. The summed E-state index contributed by atoms with van der Waals surface area (Å²) in [4.78, 5) is 14.4. The van der Waals surface area contributed by atoms with Crippen molar-refractivity contribution in [2.45, 2.75) is 64.0 Å². The predicted octanol–water partition coefficient (Wildman–Crippen LogP) is 3.56. The van der Waals surface area contributed by atoms with Crippen molar-refractivity contribution in [3.8, 4) is 0 Å². The molecule has 0 aliphatic carbocycles. The zero-order valence-electron chi connectivity index (χ0n) is 16.6. The van der Waals surface area contributed by atoms with Crippen LogP contribution in [0.5, 0.6) is 0 Å². The van der Waals surface area contributed by atoms with Gasteiger partial charge in [0.1, 0.15) is 0 Å². The molecule has 2 aliphatic rings. The third-order valence-corrected chi connectivity index (χ3v) is 6.01. The fourth-order valence-corrected chi connectivity index (χ4v) is 3.59. The van der Waals surface area contributed by atoms with Crippen molar-refractivity contribution in [3.63, 3.8) is 0 Å². The second-order valence-electron chi connectivity index (χ2n) is 8.30. The van der Waals surface area contributed by atoms with Gasteiger partial charge < -0.3 is 18.9 Å². The number of hydrogen-bond donors (Lipinski definition) is 0. The number of nitrogens with zero attached hydrogens (tertiary/aromatic N) is 1. The Kier molecular flexibility index (Phi) is 5.36. The SMILES string of the molecule is COC(=O)CC(B1OC(C)(C)C(C)(C)O1)c1ccc(N2CCCC2)cc1. The van der Waals surface area contributed by atoms with Gasteiger partial charge in [0, 0.05) is 24.6 Å². The molecule has 0 spiro atoms. The summed E-state index contributed by atoms with van der Waals surface area (Å²) in [5.74, 6) is -0.454. The zero-order valence-corrected chi connectivity index (χ0v) is 16.6. The van der Waals surface area contributed by atoms with E-state index in [1.54, 1.807) is 0 Å². The molecule has 5 nitrogen and oxygen atoms in total. The van der Waals surface area contributed by atoms with E-state index in [2.05, 4.69) is 29.2 Å². The molecular weight excluding hydrogens is 329 g/mol. The van der Waals surface area contributed by atoms with Gasteiger partial charge in [-0.1, -0.05) is 12.1 Å². The second kappa shape index (κ2) is 7.24. The highest BCUT2D eigenvalue weighted by molar-refractivity contribution is 6.48. The fraction of sp³-hybridized carbons (Fsp3) is 0.650. The average Bonchev–Trinajstić information content (AvgIpc) is 3.19. The molecule has 0 radical (unpaired) electrons. The van der Waals surface area contributed by atoms with Crippen molar-refractivity contribution in [3.05, 3.63) is 29.8 Å². The smallest absolute Gasteiger partial charge is 0.466 e. The van der Waals surface area contributed by atoms with E-state index in [1.807, 2.05) is 27.7 Å². The maximum atomic E-state index is 12.0. The number of carbonyl (C=O) groups excluding carboxylic acids is 1. The quantitative estimate of drug-likeness (QED) is 0.594. The summed E-state index contributed by atoms with van der Waals surface area (Å²) in [5.41, 5.74) is 1.41. The molecule has 1 unspecified atom stereocenters. The minimum atomic E-state index is -0.475. The van der Waals surface area contributed by atoms with Crippen LogP contribution in [0.4, 0.5) is 5.69 Å². The van der Waals surface area contributed by atoms with Crippen LogP contribution in [0.2, 0.25) is 0 Å². The van der Waals surface area contributed by atoms with Gasteiger partial charge >= 0.3 is 13.1 Å². The third-order valence-electron chi connectivity index (χ3n) is 6.01. The number of anilines is 1. The number of methoxy groups -OCH3 is 1. The highest BCUT2D eigenvalue weighted by Crippen LogP contribution is 2.42. The molecule has 6 heteroatoms. The standard InChI is InChI=1S/C20H30BNO4/c1-19(2)20(3,4)26-21(25-19)17(14-18(23)24-5)15-8-10-16(11-9-15)22-12-6-7-13-22/h8-11,17H,6-7,12-14H2,1-5H3. The fourth-order valence-electron chi connectivity index (χ4n) is 3.59. The summed E-state index contributed by atoms with van der Waals surface area (Å²) in [6.45, 7) is 10.3. The van der Waals surface area contributed by atoms with Crippen LogP contribution < -0.4 is 4.90 Å². The molecule has 2 aliphatic heterocycles. The number of hydrogen-bond acceptors (Lipinski definition) is 5. The number of ether oxygens (including phenoxy) is 1. The molecule has 0 amide bonds. The summed E-state index contributed by atoms with van der Waals surface area (Å²) in [6.07, 6.45) is 2.73. The van der Waals surface area contributed by atoms with Crippen molar-refractivity contribution < 1.29 is 18.8 Å². The molecule has 142 valence electrons. The van der Waals surface area contributed by atoms with Crippen molar-refractivity contribution in [2.24, 2.45) is 0 Å². The van der Waals surface area contributed by atoms with E-state index in [0.29, 0.717) is 0 Å². The monoisotopic (exact) mass is 359 g/mol. The van der Waals surface area contributed by atoms with Crippen LogP contribution in [-0.2, 0) is 18.8 Å². The molecule has 1 aromatic carbocycles. The Hall–Kier alpha value is -1.53. The molecule has 26 heavy (non-hydrogen) atoms. The highest BCUT2D eigenvalue weighted by Gasteiger charge is 2.54. The van der Waals surface area contributed by atoms with Crippen molar-refractivity contribution in [1.82, 2.24) is 0 Å². The van der Waals surface area contributed by atoms with Gasteiger partial charge in [-0.2, -0.15) is 0 Å². The van der Waals surface area contributed by atoms with Crippen LogP contribution in [0, 0.1) is 0 Å². The molecular formula is C20H30BNO4. The predicted molar refractivity (Wildman–Crippen MR) is 103 cm³/mol. The lowest BCUT2D eigenvalue weighted by atomic mass is 9.66. The molecule has 0 saturated carbocycles. The van der Waals surface area contributed by atoms with E-state index in [0.717, 1.165) is 18.7 Å². The lowest BCUT2D eigenvalue weighted by Crippen LogP contribution is -2.41. The van der Waals surface area contributed by atoms with Crippen molar-refractivity contribution in [1.29, 1.82) is 0 Å². The largest absolute Gasteiger partial charge is 0.469 e. The first kappa shape index (κ1) is 19.2. The minimum Gasteiger partial charge on any atom is -0.469 e. The zero-order chi connectivity index (χ0) is 18.9. The first-order valence-corrected chi connectivity index (χ1v) is 9.51. The Bertz CT molecular complexity index is 622. The maximum absolute atomic E-state index is 12.0. The van der Waals surface area contributed by atoms with Crippen molar-refractivity contribution >= 4 is 18.8 Å². The van der Waals surface area contributed by atoms with Gasteiger partial charge in [-0.05, 0) is 58.2 Å². The molecule has 0 bridgehead atoms. The van der Waals surface area contributed by atoms with Gasteiger partial charge in [0.15, 0.2) is 0 Å². The maximum Gasteiger partial charge on any atom is 0.466 e. The first-order valence-electron chi connectivity index (χ1n) is 9.51. The highest BCUT2D eigenvalue weighted by atomic mass is 16.7. The first-order chi connectivity index (χ1) is 12.2. The van der Waals surface area contributed by atoms with Gasteiger partial charge in [-0.3, -0.25) is 4.79 Å². The lowest BCUT2D eigenvalue weighted by molar-refractivity contribution is -0.140. The van der Waals surface area contributed by atoms with Gasteiger partial charge in [0.05, 0.1) is 24.7 Å². The van der Waals surface area contributed by atoms with E-state index in [-0.39, 0.29) is 18.2 Å². The van der Waals surface area contributed by atoms with Gasteiger partial charge in [-0.25, -0.2) is 0 Å². The summed E-state index contributed by atoms with van der Waals surface area (Å²) in [7, 11) is 0.942. The minimum absolute atomic E-state index is 0.198. The number of esters is 1. The normalized spacial score (nSPS) is 22.5. The number of benzene rings is 1. The van der Waals surface area contributed by atoms with Gasteiger partial charge in [-0.15, -0.1) is 0 Å². The van der Waals surface area contributed by atoms with Crippen LogP contribution in [0.15, 0.2) is 24.3 Å². The van der Waals surface area contributed by atoms with Gasteiger partial charge in [0.25, 0.3) is 0 Å². The molecule has 3 rings (SSSR count). The van der Waals surface area contributed by atoms with Crippen LogP contribution in [0.25, 0.3) is 0 Å². The summed E-state index contributed by atoms with van der Waals surface area (Å²) < 4.78 is 17.3. The number of rotatable bonds is 5. The van der Waals surface area contributed by atoms with E-state index < -0.39 is 18.3 Å². The van der Waals surface area contributed by atoms with E-state index in [1.165, 1.54) is 25.6 Å². The van der Waals surface area contributed by atoms with Crippen LogP contribution >= 0.6 is 0 Å². The van der Waals surface area contributed by atoms with Crippen LogP contribution in [0.3, 0.4) is 0 Å². The lowest BCUT2D eigenvalue weighted by Gasteiger charge is -2.32. The molecule has 1 atom stereocenters. The van der Waals surface area contributed by atoms with Crippen molar-refractivity contribution in [2.75, 3.05) is 25.1 Å². The second-order valence-corrected chi connectivity index (χ2v) is 8.30. The van der Waals surface area contributed by atoms with Crippen LogP contribution in [0.1, 0.15) is 58.3 Å². The Balaban J connectivity index is 1.83. The van der Waals surface area contributed by atoms with E-state index in [4.69, 9.17) is 14.0 Å². The Labute approximate surface area is 157 Å². The van der Waals surface area contributed by atoms with E-state index in [9.17, 15) is 4.79 Å². The molecule has 1 aromatic rings. The molecule has 2 fully saturated rings. The average molecular weight is 359 g/mol. The molecule has 2 saturated heterocycles. The molecule has 0 aromatic heterocycles. The Morgan fingerprint density at radius 1 is 1.12 bits per heavy atom. The molecule has 2 heterocycles. The Morgan fingerprint density at radius 3 is 2.15 bits per heavy atom. The molecule has 0 N–H and O–H groups in total. The Morgan fingerprint density at radius 2 is 1.65 bits per heavy atom. The van der Waals surface area contributed by atoms with Crippen LogP contribution in [-0.4, -0.2) is 44.5 Å². The summed E-state index contributed by atoms with van der Waals surface area (Å²) in [5, 5.41) is 0.